The van der Waals surface area contributed by atoms with Crippen LogP contribution in [0.3, 0.4) is 0 Å². The van der Waals surface area contributed by atoms with Crippen molar-refractivity contribution in [2.24, 2.45) is 0 Å². The zero-order valence-electron chi connectivity index (χ0n) is 15.5. The predicted octanol–water partition coefficient (Wildman–Crippen LogP) is 4.42. The molecule has 2 aliphatic heterocycles. The second-order valence-electron chi connectivity index (χ2n) is 7.83. The summed E-state index contributed by atoms with van der Waals surface area (Å²) >= 11 is 0. The Hall–Kier alpha value is -2.57. The van der Waals surface area contributed by atoms with Crippen LogP contribution in [-0.4, -0.2) is 23.9 Å². The number of hydrogen-bond acceptors (Lipinski definition) is 3. The van der Waals surface area contributed by atoms with Gasteiger partial charge in [-0.3, -0.25) is 4.79 Å². The van der Waals surface area contributed by atoms with Crippen molar-refractivity contribution in [1.82, 2.24) is 10.3 Å². The average Bonchev–Trinajstić information content (AvgIpc) is 3.21. The van der Waals surface area contributed by atoms with Crippen molar-refractivity contribution in [3.63, 3.8) is 0 Å². The van der Waals surface area contributed by atoms with E-state index in [1.54, 1.807) is 0 Å². The van der Waals surface area contributed by atoms with Gasteiger partial charge in [0.25, 0.3) is 0 Å². The first-order valence-corrected chi connectivity index (χ1v) is 9.47. The molecular formula is C22H20F2N2O2. The molecule has 0 amide bonds. The van der Waals surface area contributed by atoms with Crippen molar-refractivity contribution >= 4 is 16.7 Å². The Morgan fingerprint density at radius 3 is 2.75 bits per heavy atom. The number of aromatic nitrogens is 1. The number of nitrogens with one attached hydrogen (secondary N) is 2. The number of carbonyl (C=O) groups excluding carboxylic acids is 1. The Labute approximate surface area is 160 Å². The van der Waals surface area contributed by atoms with E-state index >= 15 is 4.39 Å². The fraction of sp³-hybridized carbons (Fsp3) is 0.318. The lowest BCUT2D eigenvalue weighted by atomic mass is 9.89. The van der Waals surface area contributed by atoms with Gasteiger partial charge in [-0.1, -0.05) is 12.1 Å². The van der Waals surface area contributed by atoms with E-state index in [1.165, 1.54) is 18.2 Å². The largest absolute Gasteiger partial charge is 0.369 e. The number of carbonyl (C=O) groups is 1. The number of hydrogen-bond donors (Lipinski definition) is 2. The summed E-state index contributed by atoms with van der Waals surface area (Å²) in [6.07, 6.45) is 1.91. The van der Waals surface area contributed by atoms with Crippen molar-refractivity contribution in [2.45, 2.75) is 31.9 Å². The third kappa shape index (κ3) is 2.59. The molecule has 6 heteroatoms. The fourth-order valence-electron chi connectivity index (χ4n) is 4.54. The topological polar surface area (TPSA) is 54.1 Å². The summed E-state index contributed by atoms with van der Waals surface area (Å²) in [5.41, 5.74) is 3.19. The molecule has 1 saturated heterocycles. The average molecular weight is 382 g/mol. The van der Waals surface area contributed by atoms with E-state index in [2.05, 4.69) is 10.3 Å². The van der Waals surface area contributed by atoms with E-state index in [-0.39, 0.29) is 30.4 Å². The van der Waals surface area contributed by atoms with Crippen LogP contribution in [-0.2, 0) is 16.9 Å². The lowest BCUT2D eigenvalue weighted by molar-refractivity contribution is 0.0742. The number of halogens is 2. The van der Waals surface area contributed by atoms with Crippen LogP contribution in [0.5, 0.6) is 0 Å². The van der Waals surface area contributed by atoms with Crippen molar-refractivity contribution in [3.05, 3.63) is 58.7 Å². The van der Waals surface area contributed by atoms with E-state index < -0.39 is 5.82 Å². The molecule has 4 nitrogen and oxygen atoms in total. The minimum absolute atomic E-state index is 0.0933. The van der Waals surface area contributed by atoms with Gasteiger partial charge in [-0.25, -0.2) is 8.78 Å². The van der Waals surface area contributed by atoms with E-state index in [0.29, 0.717) is 33.3 Å². The molecule has 2 N–H and O–H groups in total. The number of rotatable bonds is 2. The Kier molecular flexibility index (Phi) is 3.89. The Bertz CT molecular complexity index is 1110. The van der Waals surface area contributed by atoms with E-state index in [9.17, 15) is 9.18 Å². The van der Waals surface area contributed by atoms with Crippen molar-refractivity contribution in [2.75, 3.05) is 13.2 Å². The Morgan fingerprint density at radius 1 is 1.14 bits per heavy atom. The smallest absolute Gasteiger partial charge is 0.189 e. The first kappa shape index (κ1) is 17.5. The molecule has 1 atom stereocenters. The zero-order chi connectivity index (χ0) is 19.5. The molecule has 0 saturated carbocycles. The summed E-state index contributed by atoms with van der Waals surface area (Å²) in [6.45, 7) is 3.01. The predicted molar refractivity (Wildman–Crippen MR) is 102 cm³/mol. The fourth-order valence-corrected chi connectivity index (χ4v) is 4.54. The molecule has 5 rings (SSSR count). The van der Waals surface area contributed by atoms with Crippen LogP contribution < -0.4 is 5.32 Å². The van der Waals surface area contributed by atoms with Crippen molar-refractivity contribution in [3.8, 4) is 11.3 Å². The van der Waals surface area contributed by atoms with Crippen LogP contribution in [0.1, 0.15) is 41.3 Å². The monoisotopic (exact) mass is 382 g/mol. The summed E-state index contributed by atoms with van der Waals surface area (Å²) in [7, 11) is 0. The Morgan fingerprint density at radius 2 is 2.00 bits per heavy atom. The molecular weight excluding hydrogens is 362 g/mol. The van der Waals surface area contributed by atoms with Gasteiger partial charge < -0.3 is 15.0 Å². The van der Waals surface area contributed by atoms with Crippen molar-refractivity contribution in [1.29, 1.82) is 0 Å². The van der Waals surface area contributed by atoms with Crippen LogP contribution >= 0.6 is 0 Å². The Balaban J connectivity index is 1.68. The van der Waals surface area contributed by atoms with Crippen LogP contribution in [0.15, 0.2) is 30.3 Å². The number of H-pyrrole nitrogens is 1. The summed E-state index contributed by atoms with van der Waals surface area (Å²) in [6, 6.07) is 7.79. The van der Waals surface area contributed by atoms with Crippen LogP contribution in [0.25, 0.3) is 22.2 Å². The maximum absolute atomic E-state index is 15.0. The van der Waals surface area contributed by atoms with Gasteiger partial charge in [0, 0.05) is 38.7 Å². The summed E-state index contributed by atoms with van der Waals surface area (Å²) in [4.78, 5) is 15.5. The third-order valence-electron chi connectivity index (χ3n) is 5.97. The molecule has 1 fully saturated rings. The maximum atomic E-state index is 15.0. The number of ketones is 1. The lowest BCUT2D eigenvalue weighted by Crippen LogP contribution is -2.34. The highest BCUT2D eigenvalue weighted by Crippen LogP contribution is 2.38. The first-order chi connectivity index (χ1) is 13.5. The molecule has 3 heterocycles. The highest BCUT2D eigenvalue weighted by Gasteiger charge is 2.33. The molecule has 144 valence electrons. The van der Waals surface area contributed by atoms with Gasteiger partial charge in [0.15, 0.2) is 5.78 Å². The van der Waals surface area contributed by atoms with E-state index in [0.717, 1.165) is 24.9 Å². The molecule has 0 spiro atoms. The quantitative estimate of drug-likeness (QED) is 0.690. The third-order valence-corrected chi connectivity index (χ3v) is 5.97. The van der Waals surface area contributed by atoms with Gasteiger partial charge in [-0.05, 0) is 44.5 Å². The van der Waals surface area contributed by atoms with Gasteiger partial charge >= 0.3 is 0 Å². The second-order valence-corrected chi connectivity index (χ2v) is 7.83. The molecule has 0 bridgehead atoms. The van der Waals surface area contributed by atoms with Crippen LogP contribution in [0, 0.1) is 11.6 Å². The van der Waals surface area contributed by atoms with Crippen LogP contribution in [0.4, 0.5) is 8.78 Å². The molecule has 3 aromatic rings. The highest BCUT2D eigenvalue weighted by molar-refractivity contribution is 6.11. The molecule has 2 aliphatic rings. The van der Waals surface area contributed by atoms with Gasteiger partial charge in [-0.15, -0.1) is 0 Å². The highest BCUT2D eigenvalue weighted by atomic mass is 19.1. The molecule has 2 aromatic carbocycles. The molecule has 0 radical (unpaired) electrons. The minimum Gasteiger partial charge on any atom is -0.369 e. The summed E-state index contributed by atoms with van der Waals surface area (Å²) in [5, 5.41) is 4.04. The SMILES string of the molecule is C[C@]1(c2ccc(-c3[nH]c4cc(F)cc5c4c3COCC5=O)cc2F)CCCN1. The maximum Gasteiger partial charge on any atom is 0.189 e. The van der Waals surface area contributed by atoms with Crippen molar-refractivity contribution < 1.29 is 18.3 Å². The normalized spacial score (nSPS) is 22.0. The van der Waals surface area contributed by atoms with Gasteiger partial charge in [0.2, 0.25) is 0 Å². The van der Waals surface area contributed by atoms with E-state index in [4.69, 9.17) is 4.74 Å². The zero-order valence-corrected chi connectivity index (χ0v) is 15.5. The minimum atomic E-state index is -0.487. The van der Waals surface area contributed by atoms with Gasteiger partial charge in [0.1, 0.15) is 18.2 Å². The number of benzene rings is 2. The second kappa shape index (κ2) is 6.22. The molecule has 28 heavy (non-hydrogen) atoms. The first-order valence-electron chi connectivity index (χ1n) is 9.47. The van der Waals surface area contributed by atoms with E-state index in [1.807, 2.05) is 19.1 Å². The lowest BCUT2D eigenvalue weighted by Gasteiger charge is -2.25. The number of aromatic amines is 1. The number of ether oxygens (including phenoxy) is 1. The molecule has 0 aliphatic carbocycles. The molecule has 1 aromatic heterocycles. The van der Waals surface area contributed by atoms with Gasteiger partial charge in [-0.2, -0.15) is 0 Å². The van der Waals surface area contributed by atoms with Gasteiger partial charge in [0.05, 0.1) is 12.3 Å². The number of Topliss-reactive ketones (excluding diaryl/α,β-unsaturated/α-hetero) is 1. The summed E-state index contributed by atoms with van der Waals surface area (Å²) < 4.78 is 34.5. The standard InChI is InChI=1S/C22H20F2N2O2/c1-22(5-2-6-25-22)16-4-3-12(7-17(16)24)21-15-10-28-11-19(27)14-8-13(23)9-18(26-21)20(14)15/h3-4,7-9,25-26H,2,5-6,10-11H2,1H3/t22-/m1/s1. The molecule has 0 unspecified atom stereocenters. The van der Waals surface area contributed by atoms with Crippen LogP contribution in [0.2, 0.25) is 0 Å². The summed E-state index contributed by atoms with van der Waals surface area (Å²) in [5.74, 6) is -1.02.